The average Bonchev–Trinajstić information content (AvgIpc) is 3.54. The van der Waals surface area contributed by atoms with Crippen LogP contribution in [0.2, 0.25) is 0 Å². The number of aromatic nitrogens is 3. The highest BCUT2D eigenvalue weighted by Gasteiger charge is 2.29. The maximum atomic E-state index is 12.4. The topological polar surface area (TPSA) is 101 Å². The summed E-state index contributed by atoms with van der Waals surface area (Å²) in [6.07, 6.45) is 3.90. The number of fused-ring (bicyclic) bond motifs is 3. The Bertz CT molecular complexity index is 1980. The quantitative estimate of drug-likeness (QED) is 0.270. The lowest BCUT2D eigenvalue weighted by Gasteiger charge is -2.37. The third-order valence-corrected chi connectivity index (χ3v) is 8.81. The van der Waals surface area contributed by atoms with E-state index in [0.29, 0.717) is 54.5 Å². The first-order valence-electron chi connectivity index (χ1n) is 14.9. The van der Waals surface area contributed by atoms with Gasteiger partial charge in [0.25, 0.3) is 0 Å². The predicted octanol–water partition coefficient (Wildman–Crippen LogP) is 5.57. The van der Waals surface area contributed by atoms with Crippen molar-refractivity contribution >= 4 is 33.5 Å². The molecule has 0 unspecified atom stereocenters. The molecule has 0 radical (unpaired) electrons. The van der Waals surface area contributed by atoms with Crippen LogP contribution in [-0.4, -0.2) is 70.4 Å². The summed E-state index contributed by atoms with van der Waals surface area (Å²) >= 11 is 0. The van der Waals surface area contributed by atoms with Crippen molar-refractivity contribution in [3.05, 3.63) is 89.8 Å². The van der Waals surface area contributed by atoms with E-state index in [1.54, 1.807) is 11.2 Å². The second kappa shape index (κ2) is 11.1. The van der Waals surface area contributed by atoms with E-state index in [4.69, 9.17) is 9.72 Å². The number of benzene rings is 3. The lowest BCUT2D eigenvalue weighted by atomic mass is 9.90. The lowest BCUT2D eigenvalue weighted by molar-refractivity contribution is -0.126. The third kappa shape index (κ3) is 4.64. The number of pyridine rings is 1. The van der Waals surface area contributed by atoms with Crippen LogP contribution in [0, 0.1) is 18.3 Å². The molecule has 0 spiro atoms. The molecule has 1 saturated heterocycles. The van der Waals surface area contributed by atoms with E-state index in [1.165, 1.54) is 17.2 Å². The van der Waals surface area contributed by atoms with Crippen LogP contribution in [0.1, 0.15) is 22.3 Å². The summed E-state index contributed by atoms with van der Waals surface area (Å²) in [7, 11) is 2.13. The number of amides is 1. The molecule has 0 bridgehead atoms. The van der Waals surface area contributed by atoms with Crippen molar-refractivity contribution in [2.45, 2.75) is 19.9 Å². The number of H-pyrrole nitrogens is 1. The van der Waals surface area contributed by atoms with Gasteiger partial charge in [0.1, 0.15) is 22.7 Å². The zero-order chi connectivity index (χ0) is 30.4. The Kier molecular flexibility index (Phi) is 6.99. The smallest absolute Gasteiger partial charge is 0.246 e. The van der Waals surface area contributed by atoms with Gasteiger partial charge in [0.15, 0.2) is 11.5 Å². The van der Waals surface area contributed by atoms with E-state index in [1.807, 2.05) is 37.3 Å². The van der Waals surface area contributed by atoms with Gasteiger partial charge in [0.05, 0.1) is 23.2 Å². The van der Waals surface area contributed by atoms with Crippen molar-refractivity contribution < 1.29 is 9.53 Å². The lowest BCUT2D eigenvalue weighted by Crippen LogP contribution is -2.48. The number of imidazole rings is 1. The van der Waals surface area contributed by atoms with E-state index in [9.17, 15) is 10.1 Å². The molecule has 0 saturated carbocycles. The first-order valence-corrected chi connectivity index (χ1v) is 14.9. The van der Waals surface area contributed by atoms with Gasteiger partial charge in [-0.2, -0.15) is 5.26 Å². The van der Waals surface area contributed by atoms with Crippen molar-refractivity contribution in [1.29, 1.82) is 5.26 Å². The molecular weight excluding hydrogens is 550 g/mol. The van der Waals surface area contributed by atoms with Gasteiger partial charge in [-0.15, -0.1) is 0 Å². The van der Waals surface area contributed by atoms with Crippen LogP contribution in [0.25, 0.3) is 33.2 Å². The van der Waals surface area contributed by atoms with Crippen LogP contribution in [-0.2, 0) is 17.8 Å². The van der Waals surface area contributed by atoms with Crippen LogP contribution < -0.4 is 9.64 Å². The number of hydrogen-bond acceptors (Lipinski definition) is 7. The molecule has 2 aromatic heterocycles. The number of nitriles is 1. The summed E-state index contributed by atoms with van der Waals surface area (Å²) in [5, 5.41) is 11.6. The summed E-state index contributed by atoms with van der Waals surface area (Å²) in [4.78, 5) is 31.6. The number of nitrogens with zero attached hydrogens (tertiary/aromatic N) is 6. The molecule has 2 aliphatic heterocycles. The minimum absolute atomic E-state index is 0.0788. The van der Waals surface area contributed by atoms with Gasteiger partial charge in [-0.1, -0.05) is 43.0 Å². The molecular formula is C35H33N7O2. The minimum atomic E-state index is -0.0788. The number of hydrogen-bond donors (Lipinski definition) is 1. The minimum Gasteiger partial charge on any atom is -0.452 e. The van der Waals surface area contributed by atoms with Crippen LogP contribution in [0.5, 0.6) is 11.5 Å². The second-order valence-corrected chi connectivity index (χ2v) is 11.5. The first-order chi connectivity index (χ1) is 21.5. The van der Waals surface area contributed by atoms with E-state index in [2.05, 4.69) is 57.7 Å². The first kappa shape index (κ1) is 27.6. The normalized spacial score (nSPS) is 15.3. The van der Waals surface area contributed by atoms with E-state index < -0.39 is 0 Å². The predicted molar refractivity (Wildman–Crippen MR) is 172 cm³/mol. The Morgan fingerprint density at radius 2 is 1.89 bits per heavy atom. The van der Waals surface area contributed by atoms with Crippen molar-refractivity contribution in [2.75, 3.05) is 44.7 Å². The average molecular weight is 584 g/mol. The maximum Gasteiger partial charge on any atom is 0.246 e. The molecule has 220 valence electrons. The largest absolute Gasteiger partial charge is 0.452 e. The van der Waals surface area contributed by atoms with Crippen molar-refractivity contribution in [3.8, 4) is 28.8 Å². The van der Waals surface area contributed by atoms with Gasteiger partial charge in [0.2, 0.25) is 5.91 Å². The number of carbonyl (C=O) groups excluding carboxylic acids is 1. The highest BCUT2D eigenvalue weighted by Crippen LogP contribution is 2.43. The van der Waals surface area contributed by atoms with Crippen LogP contribution in [0.15, 0.2) is 67.5 Å². The van der Waals surface area contributed by atoms with Crippen LogP contribution >= 0.6 is 0 Å². The molecule has 1 amide bonds. The number of rotatable bonds is 5. The van der Waals surface area contributed by atoms with Gasteiger partial charge in [-0.3, -0.25) is 4.79 Å². The molecule has 9 heteroatoms. The molecule has 1 N–H and O–H groups in total. The van der Waals surface area contributed by atoms with Crippen LogP contribution in [0.3, 0.4) is 0 Å². The molecule has 9 nitrogen and oxygen atoms in total. The standard InChI is InChI=1S/C35H33N7O2/c1-4-30(43)41-15-17-42(18-16-41)34-26-9-6-10-29(44-35-22(2)11-12-28-33(35)38-21-37-28)32(26)39-31(27(34)19-36)25-8-5-7-23-20-40(3)14-13-24(23)25/h4-12,21H,1,13-18,20H2,2-3H3,(H,37,38). The molecule has 44 heavy (non-hydrogen) atoms. The SMILES string of the molecule is C=CC(=O)N1CCN(c2c(C#N)c(-c3cccc4c3CCN(C)C4)nc3c(Oc4c(C)ccc5[nH]cnc45)cccc23)CC1. The van der Waals surface area contributed by atoms with Gasteiger partial charge in [-0.25, -0.2) is 9.97 Å². The molecule has 1 fully saturated rings. The number of piperazine rings is 1. The fourth-order valence-electron chi connectivity index (χ4n) is 6.53. The number of nitrogens with one attached hydrogen (secondary N) is 1. The van der Waals surface area contributed by atoms with E-state index in [-0.39, 0.29) is 5.91 Å². The number of ether oxygens (including phenoxy) is 1. The number of aromatic amines is 1. The Morgan fingerprint density at radius 1 is 1.07 bits per heavy atom. The third-order valence-electron chi connectivity index (χ3n) is 8.81. The fraction of sp³-hybridized carbons (Fsp3) is 0.257. The Labute approximate surface area is 256 Å². The fourth-order valence-corrected chi connectivity index (χ4v) is 6.53. The highest BCUT2D eigenvalue weighted by atomic mass is 16.5. The van der Waals surface area contributed by atoms with Gasteiger partial charge in [0, 0.05) is 50.2 Å². The van der Waals surface area contributed by atoms with Crippen molar-refractivity contribution in [3.63, 3.8) is 0 Å². The molecule has 0 aliphatic carbocycles. The molecule has 4 heterocycles. The zero-order valence-corrected chi connectivity index (χ0v) is 24.9. The number of likely N-dealkylation sites (N-methyl/N-ethyl adjacent to an activating group) is 1. The second-order valence-electron chi connectivity index (χ2n) is 11.5. The van der Waals surface area contributed by atoms with Gasteiger partial charge >= 0.3 is 0 Å². The van der Waals surface area contributed by atoms with E-state index >= 15 is 0 Å². The zero-order valence-electron chi connectivity index (χ0n) is 24.9. The monoisotopic (exact) mass is 583 g/mol. The van der Waals surface area contributed by atoms with Gasteiger partial charge < -0.3 is 24.4 Å². The summed E-state index contributed by atoms with van der Waals surface area (Å²) in [6.45, 7) is 9.70. The van der Waals surface area contributed by atoms with Crippen molar-refractivity contribution in [2.24, 2.45) is 0 Å². The summed E-state index contributed by atoms with van der Waals surface area (Å²) in [6, 6.07) is 18.7. The van der Waals surface area contributed by atoms with Gasteiger partial charge in [-0.05, 0) is 55.3 Å². The van der Waals surface area contributed by atoms with Crippen molar-refractivity contribution in [1.82, 2.24) is 24.8 Å². The summed E-state index contributed by atoms with van der Waals surface area (Å²) < 4.78 is 6.67. The van der Waals surface area contributed by atoms with Crippen LogP contribution in [0.4, 0.5) is 5.69 Å². The van der Waals surface area contributed by atoms with E-state index in [0.717, 1.165) is 52.7 Å². The number of anilines is 1. The number of aryl methyl sites for hydroxylation is 1. The number of carbonyl (C=O) groups is 1. The highest BCUT2D eigenvalue weighted by molar-refractivity contribution is 6.02. The molecule has 2 aliphatic rings. The Balaban J connectivity index is 1.45. The summed E-state index contributed by atoms with van der Waals surface area (Å²) in [5.74, 6) is 1.19. The molecule has 5 aromatic rings. The maximum absolute atomic E-state index is 12.4. The Hall–Kier alpha value is -5.20. The molecule has 0 atom stereocenters. The molecule has 3 aromatic carbocycles. The summed E-state index contributed by atoms with van der Waals surface area (Å²) in [5.41, 5.74) is 8.77. The Morgan fingerprint density at radius 3 is 2.68 bits per heavy atom. The molecule has 7 rings (SSSR count). The number of para-hydroxylation sites is 1.